The van der Waals surface area contributed by atoms with Crippen LogP contribution >= 0.6 is 24.0 Å². The summed E-state index contributed by atoms with van der Waals surface area (Å²) in [6.45, 7) is 8.08. The highest BCUT2D eigenvalue weighted by Crippen LogP contribution is 2.47. The van der Waals surface area contributed by atoms with Crippen LogP contribution in [0.3, 0.4) is 0 Å². The first-order chi connectivity index (χ1) is 14.2. The Balaban J connectivity index is 0.00000256. The molecule has 1 aliphatic carbocycles. The Morgan fingerprint density at radius 3 is 2.57 bits per heavy atom. The van der Waals surface area contributed by atoms with Gasteiger partial charge in [0.2, 0.25) is 0 Å². The molecule has 2 fully saturated rings. The van der Waals surface area contributed by atoms with Crippen LogP contribution in [-0.2, 0) is 0 Å². The summed E-state index contributed by atoms with van der Waals surface area (Å²) in [5.74, 6) is 3.43. The molecule has 0 amide bonds. The smallest absolute Gasteiger partial charge is 0.191 e. The summed E-state index contributed by atoms with van der Waals surface area (Å²) in [6.07, 6.45) is 5.43. The van der Waals surface area contributed by atoms with Gasteiger partial charge in [-0.15, -0.1) is 24.0 Å². The molecule has 0 spiro atoms. The maximum atomic E-state index is 4.90. The van der Waals surface area contributed by atoms with Gasteiger partial charge in [0, 0.05) is 38.4 Å². The lowest BCUT2D eigenvalue weighted by Gasteiger charge is -2.33. The Bertz CT molecular complexity index is 800. The van der Waals surface area contributed by atoms with Crippen molar-refractivity contribution in [2.75, 3.05) is 31.1 Å². The van der Waals surface area contributed by atoms with Gasteiger partial charge < -0.3 is 15.5 Å². The van der Waals surface area contributed by atoms with Crippen LogP contribution in [0.15, 0.2) is 53.7 Å². The summed E-state index contributed by atoms with van der Waals surface area (Å²) in [4.78, 5) is 11.9. The molecular weight excluding hydrogens is 485 g/mol. The van der Waals surface area contributed by atoms with Crippen LogP contribution < -0.4 is 15.5 Å². The summed E-state index contributed by atoms with van der Waals surface area (Å²) in [5, 5.41) is 7.10. The van der Waals surface area contributed by atoms with Crippen LogP contribution in [0.1, 0.15) is 43.2 Å². The fraction of sp³-hybridized carbons (Fsp3) is 0.500. The number of piperidine rings is 1. The number of guanidine groups is 1. The molecule has 30 heavy (non-hydrogen) atoms. The van der Waals surface area contributed by atoms with E-state index in [2.05, 4.69) is 76.8 Å². The largest absolute Gasteiger partial charge is 0.357 e. The number of nitrogens with zero attached hydrogens (tertiary/aromatic N) is 3. The van der Waals surface area contributed by atoms with Crippen molar-refractivity contribution in [1.82, 2.24) is 15.6 Å². The number of hydrogen-bond acceptors (Lipinski definition) is 3. The number of rotatable bonds is 6. The molecule has 1 aromatic heterocycles. The molecule has 0 bridgehead atoms. The lowest BCUT2D eigenvalue weighted by atomic mass is 10.1. The Morgan fingerprint density at radius 2 is 1.90 bits per heavy atom. The first kappa shape index (κ1) is 22.8. The Hall–Kier alpha value is -1.83. The molecule has 162 valence electrons. The number of aromatic nitrogens is 1. The molecule has 2 atom stereocenters. The molecule has 1 saturated carbocycles. The fourth-order valence-corrected chi connectivity index (χ4v) is 4.18. The van der Waals surface area contributed by atoms with E-state index in [9.17, 15) is 0 Å². The monoisotopic (exact) mass is 519 g/mol. The van der Waals surface area contributed by atoms with Crippen LogP contribution in [0, 0.1) is 12.8 Å². The van der Waals surface area contributed by atoms with Crippen molar-refractivity contribution >= 4 is 35.8 Å². The Morgan fingerprint density at radius 1 is 1.13 bits per heavy atom. The quantitative estimate of drug-likeness (QED) is 0.339. The molecule has 6 heteroatoms. The van der Waals surface area contributed by atoms with Crippen molar-refractivity contribution in [3.8, 4) is 0 Å². The highest BCUT2D eigenvalue weighted by Gasteiger charge is 2.37. The van der Waals surface area contributed by atoms with Gasteiger partial charge in [-0.2, -0.15) is 0 Å². The second kappa shape index (κ2) is 11.0. The number of anilines is 1. The zero-order chi connectivity index (χ0) is 20.1. The fourth-order valence-electron chi connectivity index (χ4n) is 4.18. The number of aryl methyl sites for hydroxylation is 1. The van der Waals surface area contributed by atoms with Gasteiger partial charge in [-0.05, 0) is 62.1 Å². The predicted octanol–water partition coefficient (Wildman–Crippen LogP) is 4.34. The zero-order valence-electron chi connectivity index (χ0n) is 18.1. The van der Waals surface area contributed by atoms with Crippen LogP contribution in [-0.4, -0.2) is 43.2 Å². The second-order valence-electron chi connectivity index (χ2n) is 8.33. The minimum Gasteiger partial charge on any atom is -0.357 e. The van der Waals surface area contributed by atoms with Gasteiger partial charge in [0.15, 0.2) is 5.96 Å². The van der Waals surface area contributed by atoms with E-state index in [0.717, 1.165) is 50.8 Å². The number of hydrogen-bond donors (Lipinski definition) is 2. The summed E-state index contributed by atoms with van der Waals surface area (Å²) in [5.41, 5.74) is 2.67. The SMILES string of the molecule is CCNC(=NCC1CC1c1ccccc1)NC1CCN(c2ccc(C)cn2)CC1.I. The van der Waals surface area contributed by atoms with E-state index in [1.165, 1.54) is 17.5 Å². The van der Waals surface area contributed by atoms with Gasteiger partial charge in [-0.25, -0.2) is 4.98 Å². The summed E-state index contributed by atoms with van der Waals surface area (Å²) in [7, 11) is 0. The molecular formula is C24H34IN5. The number of pyridine rings is 1. The Kier molecular flexibility index (Phi) is 8.36. The molecule has 2 unspecified atom stereocenters. The number of halogens is 1. The average molecular weight is 519 g/mol. The number of benzene rings is 1. The van der Waals surface area contributed by atoms with Gasteiger partial charge >= 0.3 is 0 Å². The number of aliphatic imine (C=N–C) groups is 1. The predicted molar refractivity (Wildman–Crippen MR) is 136 cm³/mol. The topological polar surface area (TPSA) is 52.6 Å². The van der Waals surface area contributed by atoms with Crippen molar-refractivity contribution in [2.45, 2.75) is 45.1 Å². The average Bonchev–Trinajstić information content (AvgIpc) is 3.54. The van der Waals surface area contributed by atoms with Gasteiger partial charge in [0.05, 0.1) is 0 Å². The highest BCUT2D eigenvalue weighted by molar-refractivity contribution is 14.0. The molecule has 0 radical (unpaired) electrons. The minimum atomic E-state index is 0. The lowest BCUT2D eigenvalue weighted by molar-refractivity contribution is 0.459. The molecule has 2 heterocycles. The zero-order valence-corrected chi connectivity index (χ0v) is 20.4. The first-order valence-corrected chi connectivity index (χ1v) is 11.0. The Labute approximate surface area is 197 Å². The van der Waals surface area contributed by atoms with E-state index >= 15 is 0 Å². The molecule has 2 aliphatic rings. The standard InChI is InChI=1S/C24H33N5.HI/c1-3-25-24(27-17-20-15-22(20)19-7-5-4-6-8-19)28-21-11-13-29(14-12-21)23-10-9-18(2)16-26-23;/h4-10,16,20-22H,3,11-15,17H2,1-2H3,(H2,25,27,28);1H. The van der Waals surface area contributed by atoms with E-state index in [0.29, 0.717) is 17.9 Å². The van der Waals surface area contributed by atoms with Gasteiger partial charge in [-0.3, -0.25) is 4.99 Å². The molecule has 4 rings (SSSR count). The van der Waals surface area contributed by atoms with E-state index in [-0.39, 0.29) is 24.0 Å². The molecule has 2 aromatic rings. The molecule has 2 N–H and O–H groups in total. The van der Waals surface area contributed by atoms with Gasteiger partial charge in [0.1, 0.15) is 5.82 Å². The first-order valence-electron chi connectivity index (χ1n) is 11.0. The van der Waals surface area contributed by atoms with Crippen LogP contribution in [0.5, 0.6) is 0 Å². The van der Waals surface area contributed by atoms with Gasteiger partial charge in [0.25, 0.3) is 0 Å². The third kappa shape index (κ3) is 6.09. The molecule has 5 nitrogen and oxygen atoms in total. The molecule has 1 aliphatic heterocycles. The maximum absolute atomic E-state index is 4.90. The highest BCUT2D eigenvalue weighted by atomic mass is 127. The summed E-state index contributed by atoms with van der Waals surface area (Å²) >= 11 is 0. The minimum absolute atomic E-state index is 0. The van der Waals surface area contributed by atoms with E-state index < -0.39 is 0 Å². The van der Waals surface area contributed by atoms with Crippen molar-refractivity contribution in [2.24, 2.45) is 10.9 Å². The van der Waals surface area contributed by atoms with E-state index in [1.54, 1.807) is 0 Å². The third-order valence-electron chi connectivity index (χ3n) is 6.03. The third-order valence-corrected chi connectivity index (χ3v) is 6.03. The summed E-state index contributed by atoms with van der Waals surface area (Å²) in [6, 6.07) is 15.6. The summed E-state index contributed by atoms with van der Waals surface area (Å²) < 4.78 is 0. The lowest BCUT2D eigenvalue weighted by Crippen LogP contribution is -2.49. The van der Waals surface area contributed by atoms with Crippen LogP contribution in [0.2, 0.25) is 0 Å². The van der Waals surface area contributed by atoms with Crippen molar-refractivity contribution in [3.63, 3.8) is 0 Å². The van der Waals surface area contributed by atoms with Crippen molar-refractivity contribution in [3.05, 3.63) is 59.8 Å². The maximum Gasteiger partial charge on any atom is 0.191 e. The molecule has 1 saturated heterocycles. The second-order valence-corrected chi connectivity index (χ2v) is 8.33. The van der Waals surface area contributed by atoms with Crippen molar-refractivity contribution in [1.29, 1.82) is 0 Å². The van der Waals surface area contributed by atoms with Crippen LogP contribution in [0.25, 0.3) is 0 Å². The van der Waals surface area contributed by atoms with E-state index in [1.807, 2.05) is 6.20 Å². The normalized spacial score (nSPS) is 21.7. The van der Waals surface area contributed by atoms with Crippen LogP contribution in [0.4, 0.5) is 5.82 Å². The van der Waals surface area contributed by atoms with Gasteiger partial charge in [-0.1, -0.05) is 36.4 Å². The molecule has 1 aromatic carbocycles. The number of nitrogens with one attached hydrogen (secondary N) is 2. The van der Waals surface area contributed by atoms with Crippen molar-refractivity contribution < 1.29 is 0 Å². The van der Waals surface area contributed by atoms with E-state index in [4.69, 9.17) is 4.99 Å².